The largest absolute Gasteiger partial charge is 0.398 e. The Morgan fingerprint density at radius 1 is 0.650 bits per heavy atom. The van der Waals surface area contributed by atoms with Crippen LogP contribution < -0.4 is 5.73 Å². The molecule has 0 aliphatic heterocycles. The van der Waals surface area contributed by atoms with Gasteiger partial charge in [0.15, 0.2) is 0 Å². The van der Waals surface area contributed by atoms with Crippen LogP contribution in [0.5, 0.6) is 0 Å². The first-order chi connectivity index (χ1) is 9.75. The fourth-order valence-corrected chi connectivity index (χ4v) is 2.65. The monoisotopic (exact) mass is 277 g/mol. The zero-order valence-electron chi connectivity index (χ0n) is 11.0. The molecule has 0 fully saturated rings. The molecule has 98 valence electrons. The highest BCUT2D eigenvalue weighted by Crippen LogP contribution is 2.35. The Morgan fingerprint density at radius 3 is 1.70 bits per heavy atom. The lowest BCUT2D eigenvalue weighted by Gasteiger charge is -2.12. The molecule has 0 bridgehead atoms. The molecule has 3 rings (SSSR count). The van der Waals surface area contributed by atoms with Gasteiger partial charge in [-0.1, -0.05) is 60.7 Å². The van der Waals surface area contributed by atoms with Crippen molar-refractivity contribution >= 4 is 18.3 Å². The third-order valence-corrected chi connectivity index (χ3v) is 3.71. The van der Waals surface area contributed by atoms with Crippen molar-refractivity contribution in [3.05, 3.63) is 72.8 Å². The molecule has 3 aromatic carbocycles. The summed E-state index contributed by atoms with van der Waals surface area (Å²) in [7, 11) is 0. The SMILES string of the molecule is Nc1cc(S)c(-c2ccccc2)cc1-c1ccccc1. The smallest absolute Gasteiger partial charge is 0.0405 e. The molecule has 0 aliphatic rings. The Hall–Kier alpha value is -2.19. The molecule has 0 amide bonds. The molecule has 0 heterocycles. The van der Waals surface area contributed by atoms with E-state index in [2.05, 4.69) is 43.0 Å². The van der Waals surface area contributed by atoms with Gasteiger partial charge in [0.1, 0.15) is 0 Å². The van der Waals surface area contributed by atoms with Gasteiger partial charge in [-0.25, -0.2) is 0 Å². The summed E-state index contributed by atoms with van der Waals surface area (Å²) in [6.07, 6.45) is 0. The highest BCUT2D eigenvalue weighted by Gasteiger charge is 2.09. The van der Waals surface area contributed by atoms with E-state index in [1.807, 2.05) is 42.5 Å². The van der Waals surface area contributed by atoms with Gasteiger partial charge in [0.25, 0.3) is 0 Å². The fraction of sp³-hybridized carbons (Fsp3) is 0. The topological polar surface area (TPSA) is 26.0 Å². The number of hydrogen-bond acceptors (Lipinski definition) is 2. The van der Waals surface area contributed by atoms with Crippen LogP contribution in [0.2, 0.25) is 0 Å². The second kappa shape index (κ2) is 5.43. The number of thiol groups is 1. The van der Waals surface area contributed by atoms with Crippen molar-refractivity contribution in [2.45, 2.75) is 4.90 Å². The van der Waals surface area contributed by atoms with E-state index in [4.69, 9.17) is 5.73 Å². The molecule has 20 heavy (non-hydrogen) atoms. The molecule has 0 aliphatic carbocycles. The molecule has 0 saturated carbocycles. The van der Waals surface area contributed by atoms with Gasteiger partial charge < -0.3 is 5.73 Å². The summed E-state index contributed by atoms with van der Waals surface area (Å²) < 4.78 is 0. The van der Waals surface area contributed by atoms with E-state index >= 15 is 0 Å². The lowest BCUT2D eigenvalue weighted by Crippen LogP contribution is -1.92. The van der Waals surface area contributed by atoms with E-state index in [1.54, 1.807) is 0 Å². The summed E-state index contributed by atoms with van der Waals surface area (Å²) in [5.74, 6) is 0. The van der Waals surface area contributed by atoms with E-state index in [-0.39, 0.29) is 0 Å². The quantitative estimate of drug-likeness (QED) is 0.506. The van der Waals surface area contributed by atoms with Gasteiger partial charge >= 0.3 is 0 Å². The predicted octanol–water partition coefficient (Wildman–Crippen LogP) is 4.89. The Morgan fingerprint density at radius 2 is 1.15 bits per heavy atom. The summed E-state index contributed by atoms with van der Waals surface area (Å²) in [5, 5.41) is 0. The molecule has 0 unspecified atom stereocenters. The van der Waals surface area contributed by atoms with Gasteiger partial charge in [-0.3, -0.25) is 0 Å². The maximum absolute atomic E-state index is 6.15. The Labute approximate surface area is 124 Å². The minimum absolute atomic E-state index is 0.751. The van der Waals surface area contributed by atoms with Crippen LogP contribution in [-0.2, 0) is 0 Å². The van der Waals surface area contributed by atoms with E-state index in [0.29, 0.717) is 0 Å². The van der Waals surface area contributed by atoms with Crippen LogP contribution in [0.4, 0.5) is 5.69 Å². The molecule has 0 spiro atoms. The van der Waals surface area contributed by atoms with Crippen molar-refractivity contribution < 1.29 is 0 Å². The first-order valence-corrected chi connectivity index (χ1v) is 6.94. The minimum Gasteiger partial charge on any atom is -0.398 e. The molecule has 3 aromatic rings. The number of nitrogen functional groups attached to an aromatic ring is 1. The maximum Gasteiger partial charge on any atom is 0.0405 e. The minimum atomic E-state index is 0.751. The zero-order valence-corrected chi connectivity index (χ0v) is 11.8. The van der Waals surface area contributed by atoms with Crippen molar-refractivity contribution in [2.75, 3.05) is 5.73 Å². The molecule has 1 nitrogen and oxygen atoms in total. The molecule has 2 heteroatoms. The Balaban J connectivity index is 2.19. The standard InChI is InChI=1S/C18H15NS/c19-17-12-18(20)16(14-9-5-2-6-10-14)11-15(17)13-7-3-1-4-8-13/h1-12,20H,19H2. The summed E-state index contributed by atoms with van der Waals surface area (Å²) in [6.45, 7) is 0. The number of nitrogens with two attached hydrogens (primary N) is 1. The van der Waals surface area contributed by atoms with Crippen LogP contribution in [0.3, 0.4) is 0 Å². The molecule has 0 radical (unpaired) electrons. The molecule has 0 atom stereocenters. The molecule has 2 N–H and O–H groups in total. The van der Waals surface area contributed by atoms with Gasteiger partial charge in [0.05, 0.1) is 0 Å². The van der Waals surface area contributed by atoms with Crippen molar-refractivity contribution in [2.24, 2.45) is 0 Å². The number of benzene rings is 3. The Bertz CT molecular complexity index is 660. The average molecular weight is 277 g/mol. The van der Waals surface area contributed by atoms with Crippen molar-refractivity contribution in [3.8, 4) is 22.3 Å². The second-order valence-corrected chi connectivity index (χ2v) is 5.17. The van der Waals surface area contributed by atoms with E-state index < -0.39 is 0 Å². The van der Waals surface area contributed by atoms with E-state index in [0.717, 1.165) is 32.8 Å². The van der Waals surface area contributed by atoms with Gasteiger partial charge in [0, 0.05) is 16.1 Å². The molecular formula is C18H15NS. The summed E-state index contributed by atoms with van der Waals surface area (Å²) in [4.78, 5) is 0.897. The van der Waals surface area contributed by atoms with Gasteiger partial charge in [-0.2, -0.15) is 0 Å². The van der Waals surface area contributed by atoms with Crippen LogP contribution in [0.1, 0.15) is 0 Å². The lowest BCUT2D eigenvalue weighted by atomic mass is 9.97. The first kappa shape index (κ1) is 12.8. The summed E-state index contributed by atoms with van der Waals surface area (Å²) in [5.41, 5.74) is 11.3. The van der Waals surface area contributed by atoms with E-state index in [1.165, 1.54) is 0 Å². The summed E-state index contributed by atoms with van der Waals surface area (Å²) >= 11 is 4.56. The first-order valence-electron chi connectivity index (χ1n) is 6.49. The second-order valence-electron chi connectivity index (χ2n) is 4.69. The van der Waals surface area contributed by atoms with Crippen molar-refractivity contribution in [1.82, 2.24) is 0 Å². The van der Waals surface area contributed by atoms with Gasteiger partial charge in [-0.05, 0) is 28.8 Å². The molecular weight excluding hydrogens is 262 g/mol. The molecule has 0 aromatic heterocycles. The highest BCUT2D eigenvalue weighted by atomic mass is 32.1. The zero-order chi connectivity index (χ0) is 13.9. The molecule has 0 saturated heterocycles. The van der Waals surface area contributed by atoms with Crippen LogP contribution >= 0.6 is 12.6 Å². The van der Waals surface area contributed by atoms with Crippen molar-refractivity contribution in [1.29, 1.82) is 0 Å². The van der Waals surface area contributed by atoms with Crippen molar-refractivity contribution in [3.63, 3.8) is 0 Å². The predicted molar refractivity (Wildman–Crippen MR) is 89.0 cm³/mol. The van der Waals surface area contributed by atoms with Gasteiger partial charge in [-0.15, -0.1) is 12.6 Å². The normalized spacial score (nSPS) is 10.4. The third-order valence-electron chi connectivity index (χ3n) is 3.34. The van der Waals surface area contributed by atoms with Crippen LogP contribution in [0.15, 0.2) is 77.7 Å². The third kappa shape index (κ3) is 2.43. The number of hydrogen-bond donors (Lipinski definition) is 2. The highest BCUT2D eigenvalue weighted by molar-refractivity contribution is 7.80. The average Bonchev–Trinajstić information content (AvgIpc) is 2.49. The summed E-state index contributed by atoms with van der Waals surface area (Å²) in [6, 6.07) is 24.5. The van der Waals surface area contributed by atoms with Crippen LogP contribution in [-0.4, -0.2) is 0 Å². The van der Waals surface area contributed by atoms with Crippen LogP contribution in [0.25, 0.3) is 22.3 Å². The fourth-order valence-electron chi connectivity index (χ4n) is 2.32. The number of anilines is 1. The maximum atomic E-state index is 6.15. The Kier molecular flexibility index (Phi) is 3.48. The van der Waals surface area contributed by atoms with E-state index in [9.17, 15) is 0 Å². The lowest BCUT2D eigenvalue weighted by molar-refractivity contribution is 1.45. The number of rotatable bonds is 2. The van der Waals surface area contributed by atoms with Gasteiger partial charge in [0.2, 0.25) is 0 Å². The van der Waals surface area contributed by atoms with Crippen LogP contribution in [0, 0.1) is 0 Å².